The van der Waals surface area contributed by atoms with Gasteiger partial charge >= 0.3 is 11.9 Å². The molecule has 4 nitrogen and oxygen atoms in total. The average Bonchev–Trinajstić information content (AvgIpc) is 3.17. The fourth-order valence-corrected chi connectivity index (χ4v) is 3.91. The van der Waals surface area contributed by atoms with Crippen molar-refractivity contribution in [3.63, 3.8) is 0 Å². The molecule has 0 radical (unpaired) electrons. The van der Waals surface area contributed by atoms with Crippen molar-refractivity contribution in [3.05, 3.63) is 0 Å². The Morgan fingerprint density at radius 2 is 1.62 bits per heavy atom. The van der Waals surface area contributed by atoms with Gasteiger partial charge in [-0.1, -0.05) is 20.8 Å². The van der Waals surface area contributed by atoms with Crippen molar-refractivity contribution in [2.45, 2.75) is 78.0 Å². The number of nitrogens with one attached hydrogen (secondary N) is 1. The molecule has 7 heteroatoms. The lowest BCUT2D eigenvalue weighted by atomic mass is 9.81. The minimum Gasteiger partial charge on any atom is -0.462 e. The number of carbonyl (C=O) groups excluding carboxylic acids is 1. The van der Waals surface area contributed by atoms with Crippen LogP contribution in [0.3, 0.4) is 0 Å². The van der Waals surface area contributed by atoms with E-state index in [2.05, 4.69) is 9.46 Å². The quantitative estimate of drug-likeness (QED) is 0.729. The van der Waals surface area contributed by atoms with Crippen LogP contribution < -0.4 is 4.72 Å². The number of carbonyl (C=O) groups is 1. The fourth-order valence-electron chi connectivity index (χ4n) is 2.94. The number of alkyl halides is 2. The highest BCUT2D eigenvalue weighted by Crippen LogP contribution is 2.59. The lowest BCUT2D eigenvalue weighted by Crippen LogP contribution is -2.64. The second-order valence-corrected chi connectivity index (χ2v) is 10.8. The van der Waals surface area contributed by atoms with Crippen LogP contribution in [-0.2, 0) is 20.5 Å². The highest BCUT2D eigenvalue weighted by Gasteiger charge is 2.68. The molecule has 0 aromatic rings. The van der Waals surface area contributed by atoms with Crippen LogP contribution in [0.4, 0.5) is 8.78 Å². The zero-order chi connectivity index (χ0) is 19.1. The third-order valence-corrected chi connectivity index (χ3v) is 6.41. The molecule has 0 saturated heterocycles. The molecule has 1 N–H and O–H groups in total. The number of halogens is 2. The molecule has 0 bridgehead atoms. The lowest BCUT2D eigenvalue weighted by Gasteiger charge is -2.39. The Bertz CT molecular complexity index is 511. The largest absolute Gasteiger partial charge is 0.462 e. The van der Waals surface area contributed by atoms with Crippen molar-refractivity contribution in [3.8, 4) is 0 Å². The summed E-state index contributed by atoms with van der Waals surface area (Å²) in [7, 11) is -1.73. The summed E-state index contributed by atoms with van der Waals surface area (Å²) in [6.07, 6.45) is 0.559. The van der Waals surface area contributed by atoms with Gasteiger partial charge in [0.1, 0.15) is 5.54 Å². The van der Waals surface area contributed by atoms with Gasteiger partial charge in [-0.2, -0.15) is 8.78 Å². The molecule has 1 saturated carbocycles. The lowest BCUT2D eigenvalue weighted by molar-refractivity contribution is -0.184. The maximum absolute atomic E-state index is 15.0. The molecule has 1 rings (SSSR count). The summed E-state index contributed by atoms with van der Waals surface area (Å²) in [5.74, 6) is -5.77. The smallest absolute Gasteiger partial charge is 0.379 e. The molecular formula is C17H31F2NO3S. The molecule has 1 fully saturated rings. The predicted molar refractivity (Wildman–Crippen MR) is 92.1 cm³/mol. The molecule has 0 unspecified atom stereocenters. The van der Waals surface area contributed by atoms with Crippen LogP contribution in [0.5, 0.6) is 0 Å². The Labute approximate surface area is 146 Å². The molecule has 0 amide bonds. The van der Waals surface area contributed by atoms with E-state index in [0.29, 0.717) is 6.42 Å². The van der Waals surface area contributed by atoms with Crippen LogP contribution in [0.1, 0.15) is 61.8 Å². The first-order valence-electron chi connectivity index (χ1n) is 8.33. The molecule has 0 heterocycles. The van der Waals surface area contributed by atoms with Gasteiger partial charge in [-0.15, -0.1) is 0 Å². The number of hydrogen-bond donors (Lipinski definition) is 1. The Kier molecular flexibility index (Phi) is 5.94. The van der Waals surface area contributed by atoms with Crippen LogP contribution in [0.25, 0.3) is 0 Å². The second kappa shape index (κ2) is 6.63. The fraction of sp³-hybridized carbons (Fsp3) is 0.941. The summed E-state index contributed by atoms with van der Waals surface area (Å²) in [6.45, 7) is 13.7. The zero-order valence-electron chi connectivity index (χ0n) is 16.0. The normalized spacial score (nSPS) is 25.8. The summed E-state index contributed by atoms with van der Waals surface area (Å²) in [5, 5.41) is 0. The SMILES string of the molecule is CCOC(=O)C(F)(F)[C@](C)(N[S@](=O)C(C)(C)C)[C@H]1C[C@@H]1C(C)(C)C. The third-order valence-electron chi connectivity index (χ3n) is 4.69. The first kappa shape index (κ1) is 21.5. The van der Waals surface area contributed by atoms with Crippen molar-refractivity contribution < 1.29 is 22.5 Å². The topological polar surface area (TPSA) is 55.4 Å². The molecule has 1 aliphatic carbocycles. The highest BCUT2D eigenvalue weighted by atomic mass is 32.2. The molecule has 0 aliphatic heterocycles. The molecule has 0 spiro atoms. The van der Waals surface area contributed by atoms with Crippen LogP contribution in [0.2, 0.25) is 0 Å². The Balaban J connectivity index is 3.23. The summed E-state index contributed by atoms with van der Waals surface area (Å²) in [5.41, 5.74) is -2.09. The first-order chi connectivity index (χ1) is 10.6. The number of esters is 1. The summed E-state index contributed by atoms with van der Waals surface area (Å²) < 4.78 is 48.9. The third kappa shape index (κ3) is 4.15. The maximum Gasteiger partial charge on any atom is 0.379 e. The van der Waals surface area contributed by atoms with E-state index in [9.17, 15) is 17.8 Å². The minimum absolute atomic E-state index is 0.0206. The zero-order valence-corrected chi connectivity index (χ0v) is 16.8. The van der Waals surface area contributed by atoms with E-state index in [1.807, 2.05) is 20.8 Å². The van der Waals surface area contributed by atoms with Crippen molar-refractivity contribution in [1.82, 2.24) is 4.72 Å². The average molecular weight is 368 g/mol. The van der Waals surface area contributed by atoms with E-state index >= 15 is 0 Å². The molecule has 0 aromatic carbocycles. The van der Waals surface area contributed by atoms with Crippen molar-refractivity contribution >= 4 is 17.0 Å². The van der Waals surface area contributed by atoms with Gasteiger partial charge in [0, 0.05) is 0 Å². The number of hydrogen-bond acceptors (Lipinski definition) is 3. The van der Waals surface area contributed by atoms with Gasteiger partial charge in [0.25, 0.3) is 0 Å². The van der Waals surface area contributed by atoms with Crippen LogP contribution >= 0.6 is 0 Å². The van der Waals surface area contributed by atoms with Crippen molar-refractivity contribution in [2.75, 3.05) is 6.61 Å². The monoisotopic (exact) mass is 367 g/mol. The van der Waals surface area contributed by atoms with Gasteiger partial charge in [-0.05, 0) is 58.3 Å². The van der Waals surface area contributed by atoms with Crippen LogP contribution in [0.15, 0.2) is 0 Å². The van der Waals surface area contributed by atoms with Crippen LogP contribution in [-0.4, -0.2) is 33.0 Å². The minimum atomic E-state index is -3.77. The van der Waals surface area contributed by atoms with E-state index in [1.165, 1.54) is 13.8 Å². The highest BCUT2D eigenvalue weighted by molar-refractivity contribution is 7.84. The number of ether oxygens (including phenoxy) is 1. The maximum atomic E-state index is 15.0. The first-order valence-corrected chi connectivity index (χ1v) is 9.48. The Hall–Kier alpha value is -0.560. The van der Waals surface area contributed by atoms with Gasteiger partial charge in [-0.25, -0.2) is 13.7 Å². The van der Waals surface area contributed by atoms with Gasteiger partial charge in [0.2, 0.25) is 0 Å². The van der Waals surface area contributed by atoms with Gasteiger partial charge < -0.3 is 4.74 Å². The van der Waals surface area contributed by atoms with E-state index < -0.39 is 39.1 Å². The van der Waals surface area contributed by atoms with Crippen molar-refractivity contribution in [1.29, 1.82) is 0 Å². The van der Waals surface area contributed by atoms with E-state index in [4.69, 9.17) is 0 Å². The number of rotatable bonds is 6. The van der Waals surface area contributed by atoms with Crippen LogP contribution in [0, 0.1) is 17.3 Å². The molecule has 142 valence electrons. The summed E-state index contributed by atoms with van der Waals surface area (Å²) >= 11 is 0. The Morgan fingerprint density at radius 3 is 1.96 bits per heavy atom. The van der Waals surface area contributed by atoms with E-state index in [0.717, 1.165) is 0 Å². The predicted octanol–water partition coefficient (Wildman–Crippen LogP) is 3.68. The molecule has 0 aromatic heterocycles. The van der Waals surface area contributed by atoms with Gasteiger partial charge in [-0.3, -0.25) is 0 Å². The molecular weight excluding hydrogens is 336 g/mol. The summed E-state index contributed by atoms with van der Waals surface area (Å²) in [6, 6.07) is 0. The van der Waals surface area contributed by atoms with Gasteiger partial charge in [0.15, 0.2) is 0 Å². The second-order valence-electron chi connectivity index (χ2n) is 8.80. The molecule has 24 heavy (non-hydrogen) atoms. The molecule has 4 atom stereocenters. The molecule has 1 aliphatic rings. The van der Waals surface area contributed by atoms with Crippen molar-refractivity contribution in [2.24, 2.45) is 17.3 Å². The standard InChI is InChI=1S/C17H31F2NO3S/c1-9-23-13(21)17(18,19)16(8,20-24(22)15(5,6)7)12-10-11(12)14(2,3)4/h11-12,20H,9-10H2,1-8H3/t11-,12-,16+,24+/m0/s1. The Morgan fingerprint density at radius 1 is 1.12 bits per heavy atom. The van der Waals surface area contributed by atoms with Gasteiger partial charge in [0.05, 0.1) is 22.3 Å². The van der Waals surface area contributed by atoms with E-state index in [1.54, 1.807) is 20.8 Å². The van der Waals surface area contributed by atoms with E-state index in [-0.39, 0.29) is 17.9 Å². The summed E-state index contributed by atoms with van der Waals surface area (Å²) in [4.78, 5) is 11.9.